The molecule has 5 heteroatoms. The highest BCUT2D eigenvalue weighted by molar-refractivity contribution is 7.84. The summed E-state index contributed by atoms with van der Waals surface area (Å²) in [5, 5.41) is 0. The Bertz CT molecular complexity index is 347. The summed E-state index contributed by atoms with van der Waals surface area (Å²) in [5.41, 5.74) is 0. The quantitative estimate of drug-likeness (QED) is 0.790. The molecule has 0 aliphatic heterocycles. The molecule has 1 saturated carbocycles. The number of alkyl halides is 2. The molecule has 0 aromatic heterocycles. The second-order valence-electron chi connectivity index (χ2n) is 5.84. The molecule has 18 heavy (non-hydrogen) atoms. The van der Waals surface area contributed by atoms with Gasteiger partial charge in [-0.15, -0.1) is 6.42 Å². The van der Waals surface area contributed by atoms with Crippen LogP contribution in [0, 0.1) is 18.3 Å². The SMILES string of the molecule is C#C[C@@H](N[S@@](=O)C(C)(C)C)C1CCC(F)(F)CC1. The van der Waals surface area contributed by atoms with E-state index in [1.807, 2.05) is 20.8 Å². The van der Waals surface area contributed by atoms with Gasteiger partial charge in [-0.25, -0.2) is 17.7 Å². The van der Waals surface area contributed by atoms with Crippen LogP contribution in [0.2, 0.25) is 0 Å². The predicted octanol–water partition coefficient (Wildman–Crippen LogP) is 2.87. The Morgan fingerprint density at radius 1 is 1.39 bits per heavy atom. The van der Waals surface area contributed by atoms with Gasteiger partial charge in [0.25, 0.3) is 0 Å². The normalized spacial score (nSPS) is 24.2. The molecule has 0 unspecified atom stereocenters. The zero-order valence-electron chi connectivity index (χ0n) is 11.1. The Morgan fingerprint density at radius 2 is 1.89 bits per heavy atom. The number of hydrogen-bond donors (Lipinski definition) is 1. The molecule has 0 aromatic rings. The highest BCUT2D eigenvalue weighted by Gasteiger charge is 2.38. The fourth-order valence-electron chi connectivity index (χ4n) is 1.95. The first kappa shape index (κ1) is 15.6. The van der Waals surface area contributed by atoms with Crippen molar-refractivity contribution in [2.45, 2.75) is 63.2 Å². The van der Waals surface area contributed by atoms with Crippen molar-refractivity contribution >= 4 is 11.0 Å². The van der Waals surface area contributed by atoms with Crippen molar-refractivity contribution in [3.63, 3.8) is 0 Å². The van der Waals surface area contributed by atoms with Crippen molar-refractivity contribution in [1.82, 2.24) is 4.72 Å². The van der Waals surface area contributed by atoms with Gasteiger partial charge in [-0.3, -0.25) is 0 Å². The minimum Gasteiger partial charge on any atom is -0.242 e. The van der Waals surface area contributed by atoms with E-state index in [-0.39, 0.29) is 24.8 Å². The second kappa shape index (κ2) is 5.66. The third-order valence-electron chi connectivity index (χ3n) is 3.20. The molecule has 0 aromatic carbocycles. The van der Waals surface area contributed by atoms with E-state index < -0.39 is 21.7 Å². The lowest BCUT2D eigenvalue weighted by molar-refractivity contribution is -0.0469. The van der Waals surface area contributed by atoms with Gasteiger partial charge in [-0.05, 0) is 39.5 Å². The molecule has 0 amide bonds. The highest BCUT2D eigenvalue weighted by Crippen LogP contribution is 2.37. The van der Waals surface area contributed by atoms with Crippen LogP contribution in [0.4, 0.5) is 8.78 Å². The summed E-state index contributed by atoms with van der Waals surface area (Å²) in [4.78, 5) is 0. The van der Waals surface area contributed by atoms with Crippen LogP contribution in [0.1, 0.15) is 46.5 Å². The standard InChI is InChI=1S/C13H21F2NOS/c1-5-11(16-18(17)12(2,3)4)10-6-8-13(14,15)9-7-10/h1,10-11,16H,6-9H2,2-4H3/t11-,18+/m1/s1. The molecule has 1 aliphatic carbocycles. The van der Waals surface area contributed by atoms with Gasteiger partial charge in [0.05, 0.1) is 21.8 Å². The summed E-state index contributed by atoms with van der Waals surface area (Å²) in [7, 11) is -1.27. The zero-order chi connectivity index (χ0) is 14.0. The molecule has 1 aliphatic rings. The number of nitrogens with one attached hydrogen (secondary N) is 1. The van der Waals surface area contributed by atoms with E-state index in [1.54, 1.807) is 0 Å². The number of hydrogen-bond acceptors (Lipinski definition) is 1. The van der Waals surface area contributed by atoms with E-state index in [2.05, 4.69) is 10.6 Å². The summed E-state index contributed by atoms with van der Waals surface area (Å²) < 4.78 is 40.6. The molecular formula is C13H21F2NOS. The van der Waals surface area contributed by atoms with Crippen molar-refractivity contribution in [1.29, 1.82) is 0 Å². The molecule has 1 fully saturated rings. The molecule has 0 radical (unpaired) electrons. The summed E-state index contributed by atoms with van der Waals surface area (Å²) in [6.45, 7) is 5.54. The van der Waals surface area contributed by atoms with Crippen LogP contribution in [0.15, 0.2) is 0 Å². The topological polar surface area (TPSA) is 29.1 Å². The number of halogens is 2. The largest absolute Gasteiger partial charge is 0.248 e. The molecule has 104 valence electrons. The molecule has 0 bridgehead atoms. The summed E-state index contributed by atoms with van der Waals surface area (Å²) in [6.07, 6.45) is 5.95. The van der Waals surface area contributed by atoms with Gasteiger partial charge in [-0.1, -0.05) is 5.92 Å². The van der Waals surface area contributed by atoms with Crippen LogP contribution in [0.3, 0.4) is 0 Å². The van der Waals surface area contributed by atoms with Crippen molar-refractivity contribution in [2.24, 2.45) is 5.92 Å². The lowest BCUT2D eigenvalue weighted by atomic mass is 9.82. The van der Waals surface area contributed by atoms with E-state index in [4.69, 9.17) is 6.42 Å². The number of terminal acetylenes is 1. The molecule has 1 N–H and O–H groups in total. The third-order valence-corrected chi connectivity index (χ3v) is 4.78. The lowest BCUT2D eigenvalue weighted by Gasteiger charge is -2.32. The van der Waals surface area contributed by atoms with Crippen LogP contribution < -0.4 is 4.72 Å². The molecule has 0 heterocycles. The first-order chi connectivity index (χ1) is 8.15. The maximum absolute atomic E-state index is 13.1. The summed E-state index contributed by atoms with van der Waals surface area (Å²) in [5.74, 6) is -0.0167. The average Bonchev–Trinajstić information content (AvgIpc) is 2.24. The Kier molecular flexibility index (Phi) is 4.90. The minimum atomic E-state index is -2.56. The monoisotopic (exact) mass is 277 g/mol. The molecular weight excluding hydrogens is 256 g/mol. The van der Waals surface area contributed by atoms with Crippen LogP contribution in [-0.2, 0) is 11.0 Å². The molecule has 1 rings (SSSR count). The minimum absolute atomic E-state index is 0.0130. The molecule has 0 spiro atoms. The fourth-order valence-corrected chi connectivity index (χ4v) is 2.80. The Balaban J connectivity index is 2.59. The highest BCUT2D eigenvalue weighted by atomic mass is 32.2. The van der Waals surface area contributed by atoms with Crippen LogP contribution >= 0.6 is 0 Å². The molecule has 2 nitrogen and oxygen atoms in total. The van der Waals surface area contributed by atoms with Gasteiger partial charge < -0.3 is 0 Å². The van der Waals surface area contributed by atoms with Crippen molar-refractivity contribution in [2.75, 3.05) is 0 Å². The van der Waals surface area contributed by atoms with Gasteiger partial charge >= 0.3 is 0 Å². The summed E-state index contributed by atoms with van der Waals surface area (Å²) in [6, 6.07) is -0.388. The maximum atomic E-state index is 13.1. The van der Waals surface area contributed by atoms with Crippen LogP contribution in [0.25, 0.3) is 0 Å². The fraction of sp³-hybridized carbons (Fsp3) is 0.846. The predicted molar refractivity (Wildman–Crippen MR) is 70.6 cm³/mol. The van der Waals surface area contributed by atoms with Gasteiger partial charge in [0.15, 0.2) is 0 Å². The van der Waals surface area contributed by atoms with E-state index in [0.717, 1.165) is 0 Å². The van der Waals surface area contributed by atoms with Crippen molar-refractivity contribution < 1.29 is 13.0 Å². The Labute approximate surface area is 111 Å². The molecule has 0 saturated heterocycles. The molecule has 2 atom stereocenters. The van der Waals surface area contributed by atoms with E-state index >= 15 is 0 Å². The Morgan fingerprint density at radius 3 is 2.28 bits per heavy atom. The van der Waals surface area contributed by atoms with Gasteiger partial charge in [0, 0.05) is 12.8 Å². The van der Waals surface area contributed by atoms with E-state index in [9.17, 15) is 13.0 Å². The first-order valence-corrected chi connectivity index (χ1v) is 7.33. The smallest absolute Gasteiger partial charge is 0.242 e. The Hall–Kier alpha value is -0.470. The van der Waals surface area contributed by atoms with Gasteiger partial charge in [-0.2, -0.15) is 0 Å². The van der Waals surface area contributed by atoms with Gasteiger partial charge in [0.2, 0.25) is 5.92 Å². The zero-order valence-corrected chi connectivity index (χ0v) is 11.9. The second-order valence-corrected chi connectivity index (χ2v) is 7.83. The van der Waals surface area contributed by atoms with E-state index in [1.165, 1.54) is 0 Å². The van der Waals surface area contributed by atoms with Crippen LogP contribution in [-0.4, -0.2) is 20.9 Å². The number of rotatable bonds is 3. The third kappa shape index (κ3) is 4.33. The average molecular weight is 277 g/mol. The summed E-state index contributed by atoms with van der Waals surface area (Å²) >= 11 is 0. The first-order valence-electron chi connectivity index (χ1n) is 6.18. The lowest BCUT2D eigenvalue weighted by Crippen LogP contribution is -2.44. The maximum Gasteiger partial charge on any atom is 0.248 e. The van der Waals surface area contributed by atoms with Gasteiger partial charge in [0.1, 0.15) is 0 Å². The van der Waals surface area contributed by atoms with E-state index in [0.29, 0.717) is 12.8 Å². The van der Waals surface area contributed by atoms with Crippen LogP contribution in [0.5, 0.6) is 0 Å². The van der Waals surface area contributed by atoms with Crippen molar-refractivity contribution in [3.8, 4) is 12.3 Å². The van der Waals surface area contributed by atoms with Crippen molar-refractivity contribution in [3.05, 3.63) is 0 Å².